The first-order chi connectivity index (χ1) is 11.2. The number of carbonyl (C=O) groups excluding carboxylic acids is 1. The molecular weight excluding hydrogens is 308 g/mol. The molecule has 0 radical (unpaired) electrons. The summed E-state index contributed by atoms with van der Waals surface area (Å²) in [5.74, 6) is 0.0395. The van der Waals surface area contributed by atoms with Crippen LogP contribution in [-0.4, -0.2) is 37.0 Å². The standard InChI is InChI=1S/C19H19ClN2O/c20-18-9-5-4-6-16(18)10-11-19(23)22-14-12-21(13-15-22)17-7-2-1-3-8-17/h1-11H,12-15H2. The largest absolute Gasteiger partial charge is 0.368 e. The van der Waals surface area contributed by atoms with Crippen molar-refractivity contribution in [1.29, 1.82) is 0 Å². The van der Waals surface area contributed by atoms with Crippen molar-refractivity contribution in [3.8, 4) is 0 Å². The quantitative estimate of drug-likeness (QED) is 0.803. The Kier molecular flexibility index (Phi) is 4.99. The molecule has 0 unspecified atom stereocenters. The zero-order valence-corrected chi connectivity index (χ0v) is 13.6. The van der Waals surface area contributed by atoms with Crippen LogP contribution in [0.4, 0.5) is 5.69 Å². The van der Waals surface area contributed by atoms with Gasteiger partial charge in [-0.1, -0.05) is 48.0 Å². The van der Waals surface area contributed by atoms with Gasteiger partial charge in [0.15, 0.2) is 0 Å². The number of nitrogens with zero attached hydrogens (tertiary/aromatic N) is 2. The molecule has 0 N–H and O–H groups in total. The lowest BCUT2D eigenvalue weighted by molar-refractivity contribution is -0.126. The Morgan fingerprint density at radius 3 is 2.26 bits per heavy atom. The lowest BCUT2D eigenvalue weighted by Gasteiger charge is -2.35. The average Bonchev–Trinajstić information content (AvgIpc) is 2.62. The maximum Gasteiger partial charge on any atom is 0.246 e. The molecule has 0 saturated carbocycles. The Balaban J connectivity index is 1.57. The highest BCUT2D eigenvalue weighted by atomic mass is 35.5. The van der Waals surface area contributed by atoms with Crippen molar-refractivity contribution in [3.63, 3.8) is 0 Å². The molecular formula is C19H19ClN2O. The number of hydrogen-bond acceptors (Lipinski definition) is 2. The number of rotatable bonds is 3. The van der Waals surface area contributed by atoms with Gasteiger partial charge in [0.2, 0.25) is 5.91 Å². The second-order valence-electron chi connectivity index (χ2n) is 5.50. The highest BCUT2D eigenvalue weighted by Crippen LogP contribution is 2.18. The predicted molar refractivity (Wildman–Crippen MR) is 95.7 cm³/mol. The molecule has 1 aliphatic rings. The van der Waals surface area contributed by atoms with E-state index in [4.69, 9.17) is 11.6 Å². The molecule has 0 bridgehead atoms. The van der Waals surface area contributed by atoms with Crippen molar-refractivity contribution in [1.82, 2.24) is 4.90 Å². The van der Waals surface area contributed by atoms with Gasteiger partial charge >= 0.3 is 0 Å². The maximum absolute atomic E-state index is 12.3. The molecule has 3 nitrogen and oxygen atoms in total. The lowest BCUT2D eigenvalue weighted by atomic mass is 10.2. The Hall–Kier alpha value is -2.26. The normalized spacial score (nSPS) is 15.2. The van der Waals surface area contributed by atoms with Crippen LogP contribution in [0.15, 0.2) is 60.7 Å². The fourth-order valence-electron chi connectivity index (χ4n) is 2.70. The van der Waals surface area contributed by atoms with Crippen LogP contribution in [0.5, 0.6) is 0 Å². The van der Waals surface area contributed by atoms with Gasteiger partial charge in [-0.05, 0) is 29.8 Å². The van der Waals surface area contributed by atoms with Gasteiger partial charge in [-0.15, -0.1) is 0 Å². The van der Waals surface area contributed by atoms with E-state index in [2.05, 4.69) is 17.0 Å². The van der Waals surface area contributed by atoms with Crippen molar-refractivity contribution in [2.45, 2.75) is 0 Å². The molecule has 0 spiro atoms. The molecule has 0 aromatic heterocycles. The molecule has 1 amide bonds. The van der Waals surface area contributed by atoms with Crippen LogP contribution in [0, 0.1) is 0 Å². The number of piperazine rings is 1. The van der Waals surface area contributed by atoms with Crippen molar-refractivity contribution >= 4 is 29.3 Å². The Bertz CT molecular complexity index is 692. The molecule has 0 aliphatic carbocycles. The first-order valence-electron chi connectivity index (χ1n) is 7.75. The van der Waals surface area contributed by atoms with Crippen LogP contribution in [0.25, 0.3) is 6.08 Å². The summed E-state index contributed by atoms with van der Waals surface area (Å²) >= 11 is 6.10. The molecule has 4 heteroatoms. The highest BCUT2D eigenvalue weighted by Gasteiger charge is 2.19. The fraction of sp³-hybridized carbons (Fsp3) is 0.211. The van der Waals surface area contributed by atoms with E-state index in [0.29, 0.717) is 5.02 Å². The number of halogens is 1. The minimum absolute atomic E-state index is 0.0395. The fourth-order valence-corrected chi connectivity index (χ4v) is 2.90. The third-order valence-corrected chi connectivity index (χ3v) is 4.37. The van der Waals surface area contributed by atoms with Gasteiger partial charge < -0.3 is 9.80 Å². The summed E-state index contributed by atoms with van der Waals surface area (Å²) in [6, 6.07) is 17.8. The molecule has 118 valence electrons. The number of amides is 1. The molecule has 1 fully saturated rings. The van der Waals surface area contributed by atoms with Gasteiger partial charge in [0.1, 0.15) is 0 Å². The summed E-state index contributed by atoms with van der Waals surface area (Å²) in [7, 11) is 0. The van der Waals surface area contributed by atoms with E-state index in [9.17, 15) is 4.79 Å². The topological polar surface area (TPSA) is 23.6 Å². The SMILES string of the molecule is O=C(C=Cc1ccccc1Cl)N1CCN(c2ccccc2)CC1. The molecule has 23 heavy (non-hydrogen) atoms. The Morgan fingerprint density at radius 2 is 1.57 bits per heavy atom. The summed E-state index contributed by atoms with van der Waals surface area (Å²) in [5.41, 5.74) is 2.08. The minimum atomic E-state index is 0.0395. The molecule has 3 rings (SSSR count). The summed E-state index contributed by atoms with van der Waals surface area (Å²) in [5, 5.41) is 0.658. The van der Waals surface area contributed by atoms with Crippen LogP contribution in [0.1, 0.15) is 5.56 Å². The van der Waals surface area contributed by atoms with Gasteiger partial charge in [-0.2, -0.15) is 0 Å². The van der Waals surface area contributed by atoms with Crippen LogP contribution < -0.4 is 4.90 Å². The van der Waals surface area contributed by atoms with E-state index in [-0.39, 0.29) is 5.91 Å². The lowest BCUT2D eigenvalue weighted by Crippen LogP contribution is -2.48. The van der Waals surface area contributed by atoms with E-state index in [0.717, 1.165) is 31.7 Å². The van der Waals surface area contributed by atoms with Gasteiger partial charge in [-0.3, -0.25) is 4.79 Å². The zero-order valence-electron chi connectivity index (χ0n) is 12.9. The van der Waals surface area contributed by atoms with Gasteiger partial charge in [0, 0.05) is 43.0 Å². The first-order valence-corrected chi connectivity index (χ1v) is 8.13. The summed E-state index contributed by atoms with van der Waals surface area (Å²) < 4.78 is 0. The van der Waals surface area contributed by atoms with Gasteiger partial charge in [0.25, 0.3) is 0 Å². The van der Waals surface area contributed by atoms with E-state index in [1.807, 2.05) is 47.4 Å². The third kappa shape index (κ3) is 3.93. The van der Waals surface area contributed by atoms with E-state index < -0.39 is 0 Å². The minimum Gasteiger partial charge on any atom is -0.368 e. The van der Waals surface area contributed by atoms with E-state index >= 15 is 0 Å². The number of anilines is 1. The number of carbonyl (C=O) groups is 1. The van der Waals surface area contributed by atoms with E-state index in [1.165, 1.54) is 5.69 Å². The number of hydrogen-bond donors (Lipinski definition) is 0. The second-order valence-corrected chi connectivity index (χ2v) is 5.91. The molecule has 1 heterocycles. The van der Waals surface area contributed by atoms with Gasteiger partial charge in [-0.25, -0.2) is 0 Å². The summed E-state index contributed by atoms with van der Waals surface area (Å²) in [6.45, 7) is 3.19. The monoisotopic (exact) mass is 326 g/mol. The van der Waals surface area contributed by atoms with Crippen LogP contribution in [0.3, 0.4) is 0 Å². The number of benzene rings is 2. The number of para-hydroxylation sites is 1. The molecule has 1 saturated heterocycles. The highest BCUT2D eigenvalue weighted by molar-refractivity contribution is 6.32. The van der Waals surface area contributed by atoms with Gasteiger partial charge in [0.05, 0.1) is 0 Å². The summed E-state index contributed by atoms with van der Waals surface area (Å²) in [6.07, 6.45) is 3.40. The van der Waals surface area contributed by atoms with Crippen LogP contribution in [0.2, 0.25) is 5.02 Å². The van der Waals surface area contributed by atoms with Crippen molar-refractivity contribution in [3.05, 3.63) is 71.3 Å². The second kappa shape index (κ2) is 7.34. The van der Waals surface area contributed by atoms with Crippen molar-refractivity contribution in [2.75, 3.05) is 31.1 Å². The van der Waals surface area contributed by atoms with E-state index in [1.54, 1.807) is 12.2 Å². The van der Waals surface area contributed by atoms with Crippen molar-refractivity contribution < 1.29 is 4.79 Å². The van der Waals surface area contributed by atoms with Crippen LogP contribution in [-0.2, 0) is 4.79 Å². The molecule has 2 aromatic rings. The predicted octanol–water partition coefficient (Wildman–Crippen LogP) is 3.70. The third-order valence-electron chi connectivity index (χ3n) is 4.02. The Labute approximate surface area is 141 Å². The molecule has 1 aliphatic heterocycles. The van der Waals surface area contributed by atoms with Crippen molar-refractivity contribution in [2.24, 2.45) is 0 Å². The molecule has 0 atom stereocenters. The first kappa shape index (κ1) is 15.6. The zero-order chi connectivity index (χ0) is 16.1. The maximum atomic E-state index is 12.3. The molecule has 2 aromatic carbocycles. The summed E-state index contributed by atoms with van der Waals surface area (Å²) in [4.78, 5) is 16.5. The Morgan fingerprint density at radius 1 is 0.913 bits per heavy atom. The average molecular weight is 327 g/mol. The van der Waals surface area contributed by atoms with Crippen LogP contribution >= 0.6 is 11.6 Å². The smallest absolute Gasteiger partial charge is 0.246 e.